The molecule has 1 aromatic heterocycles. The van der Waals surface area contributed by atoms with Gasteiger partial charge in [0, 0.05) is 0 Å². The van der Waals surface area contributed by atoms with E-state index in [2.05, 4.69) is 15.3 Å². The lowest BCUT2D eigenvalue weighted by molar-refractivity contribution is -0.142. The Morgan fingerprint density at radius 1 is 1.35 bits per heavy atom. The highest BCUT2D eigenvalue weighted by Gasteiger charge is 2.23. The molecule has 0 aromatic carbocycles. The number of carbonyl (C=O) groups excluding carboxylic acids is 1. The van der Waals surface area contributed by atoms with Gasteiger partial charge in [0.15, 0.2) is 0 Å². The van der Waals surface area contributed by atoms with Gasteiger partial charge in [-0.1, -0.05) is 13.8 Å². The zero-order valence-electron chi connectivity index (χ0n) is 10.4. The standard InChI is InChI=1S/C11H17N3O3/c1-7(2)10(11(15)17-4)14-8-5-12-6-9(13-8)16-3/h5-7,10H,1-4H3,(H,13,14). The predicted molar refractivity (Wildman–Crippen MR) is 62.8 cm³/mol. The molecule has 0 saturated heterocycles. The van der Waals surface area contributed by atoms with Crippen LogP contribution in [0.25, 0.3) is 0 Å². The zero-order chi connectivity index (χ0) is 12.8. The summed E-state index contributed by atoms with van der Waals surface area (Å²) in [6.45, 7) is 3.84. The van der Waals surface area contributed by atoms with Gasteiger partial charge >= 0.3 is 5.97 Å². The molecule has 1 atom stereocenters. The SMILES string of the molecule is COC(=O)C(Nc1cncc(OC)n1)C(C)C. The minimum absolute atomic E-state index is 0.0791. The van der Waals surface area contributed by atoms with Crippen LogP contribution < -0.4 is 10.1 Å². The third-order valence-electron chi connectivity index (χ3n) is 2.25. The summed E-state index contributed by atoms with van der Waals surface area (Å²) in [5.41, 5.74) is 0. The van der Waals surface area contributed by atoms with Crippen molar-refractivity contribution in [3.05, 3.63) is 12.4 Å². The number of hydrogen-bond donors (Lipinski definition) is 1. The number of rotatable bonds is 5. The van der Waals surface area contributed by atoms with Crippen molar-refractivity contribution >= 4 is 11.8 Å². The van der Waals surface area contributed by atoms with Crippen molar-refractivity contribution in [2.24, 2.45) is 5.92 Å². The molecular weight excluding hydrogens is 222 g/mol. The second-order valence-electron chi connectivity index (χ2n) is 3.84. The summed E-state index contributed by atoms with van der Waals surface area (Å²) in [5.74, 6) is 0.621. The Morgan fingerprint density at radius 2 is 2.06 bits per heavy atom. The van der Waals surface area contributed by atoms with Crippen LogP contribution in [0.3, 0.4) is 0 Å². The second kappa shape index (κ2) is 6.03. The van der Waals surface area contributed by atoms with E-state index in [9.17, 15) is 4.79 Å². The normalized spacial score (nSPS) is 12.1. The molecule has 6 heteroatoms. The molecule has 0 radical (unpaired) electrons. The number of hydrogen-bond acceptors (Lipinski definition) is 6. The van der Waals surface area contributed by atoms with Gasteiger partial charge in [0.2, 0.25) is 5.88 Å². The van der Waals surface area contributed by atoms with Crippen LogP contribution in [0.1, 0.15) is 13.8 Å². The highest BCUT2D eigenvalue weighted by Crippen LogP contribution is 2.13. The molecule has 0 saturated carbocycles. The van der Waals surface area contributed by atoms with Gasteiger partial charge in [0.25, 0.3) is 0 Å². The summed E-state index contributed by atoms with van der Waals surface area (Å²) < 4.78 is 9.68. The molecule has 6 nitrogen and oxygen atoms in total. The van der Waals surface area contributed by atoms with Crippen LogP contribution >= 0.6 is 0 Å². The molecule has 17 heavy (non-hydrogen) atoms. The van der Waals surface area contributed by atoms with Gasteiger partial charge in [0.05, 0.1) is 26.6 Å². The highest BCUT2D eigenvalue weighted by molar-refractivity contribution is 5.79. The quantitative estimate of drug-likeness (QED) is 0.775. The fourth-order valence-corrected chi connectivity index (χ4v) is 1.30. The van der Waals surface area contributed by atoms with Crippen LogP contribution in [0.2, 0.25) is 0 Å². The Labute approximate surface area is 100 Å². The van der Waals surface area contributed by atoms with Crippen molar-refractivity contribution in [1.82, 2.24) is 9.97 Å². The maximum Gasteiger partial charge on any atom is 0.328 e. The fourth-order valence-electron chi connectivity index (χ4n) is 1.30. The number of methoxy groups -OCH3 is 2. The molecule has 0 amide bonds. The van der Waals surface area contributed by atoms with E-state index in [1.807, 2.05) is 13.8 Å². The molecule has 1 unspecified atom stereocenters. The monoisotopic (exact) mass is 239 g/mol. The smallest absolute Gasteiger partial charge is 0.328 e. The summed E-state index contributed by atoms with van der Waals surface area (Å²) in [6, 6.07) is -0.457. The molecular formula is C11H17N3O3. The Balaban J connectivity index is 2.82. The minimum atomic E-state index is -0.457. The maximum absolute atomic E-state index is 11.5. The third-order valence-corrected chi connectivity index (χ3v) is 2.25. The first kappa shape index (κ1) is 13.2. The Bertz CT molecular complexity index is 382. The second-order valence-corrected chi connectivity index (χ2v) is 3.84. The van der Waals surface area contributed by atoms with E-state index in [1.54, 1.807) is 0 Å². The van der Waals surface area contributed by atoms with Crippen molar-refractivity contribution in [2.75, 3.05) is 19.5 Å². The summed E-state index contributed by atoms with van der Waals surface area (Å²) in [5, 5.41) is 2.98. The van der Waals surface area contributed by atoms with Gasteiger partial charge < -0.3 is 14.8 Å². The summed E-state index contributed by atoms with van der Waals surface area (Å²) in [7, 11) is 2.87. The largest absolute Gasteiger partial charge is 0.480 e. The van der Waals surface area contributed by atoms with Crippen molar-refractivity contribution in [1.29, 1.82) is 0 Å². The molecule has 1 aromatic rings. The summed E-state index contributed by atoms with van der Waals surface area (Å²) >= 11 is 0. The Hall–Kier alpha value is -1.85. The first-order valence-corrected chi connectivity index (χ1v) is 5.29. The lowest BCUT2D eigenvalue weighted by atomic mass is 10.1. The van der Waals surface area contributed by atoms with Crippen molar-refractivity contribution in [3.8, 4) is 5.88 Å². The van der Waals surface area contributed by atoms with Gasteiger partial charge in [-0.05, 0) is 5.92 Å². The van der Waals surface area contributed by atoms with E-state index >= 15 is 0 Å². The number of ether oxygens (including phenoxy) is 2. The number of anilines is 1. The maximum atomic E-state index is 11.5. The van der Waals surface area contributed by atoms with Gasteiger partial charge in [-0.25, -0.2) is 4.79 Å². The first-order chi connectivity index (χ1) is 8.08. The molecule has 1 heterocycles. The molecule has 0 aliphatic rings. The van der Waals surface area contributed by atoms with E-state index in [0.717, 1.165) is 0 Å². The Kier molecular flexibility index (Phi) is 4.68. The Morgan fingerprint density at radius 3 is 2.59 bits per heavy atom. The van der Waals surface area contributed by atoms with Gasteiger partial charge in [-0.2, -0.15) is 4.98 Å². The van der Waals surface area contributed by atoms with E-state index in [4.69, 9.17) is 9.47 Å². The van der Waals surface area contributed by atoms with Crippen LogP contribution in [0.4, 0.5) is 5.82 Å². The van der Waals surface area contributed by atoms with Crippen LogP contribution in [-0.2, 0) is 9.53 Å². The van der Waals surface area contributed by atoms with Gasteiger partial charge in [-0.15, -0.1) is 0 Å². The van der Waals surface area contributed by atoms with E-state index in [0.29, 0.717) is 11.7 Å². The van der Waals surface area contributed by atoms with Crippen molar-refractivity contribution in [3.63, 3.8) is 0 Å². The lowest BCUT2D eigenvalue weighted by Gasteiger charge is -2.20. The van der Waals surface area contributed by atoms with Crippen LogP contribution in [-0.4, -0.2) is 36.2 Å². The van der Waals surface area contributed by atoms with Crippen molar-refractivity contribution in [2.45, 2.75) is 19.9 Å². The molecule has 1 rings (SSSR count). The van der Waals surface area contributed by atoms with Crippen LogP contribution in [0.5, 0.6) is 5.88 Å². The number of esters is 1. The third kappa shape index (κ3) is 3.58. The highest BCUT2D eigenvalue weighted by atomic mass is 16.5. The molecule has 0 fully saturated rings. The minimum Gasteiger partial charge on any atom is -0.480 e. The number of aromatic nitrogens is 2. The number of nitrogens with zero attached hydrogens (tertiary/aromatic N) is 2. The summed E-state index contributed by atoms with van der Waals surface area (Å²) in [4.78, 5) is 19.6. The number of carbonyl (C=O) groups is 1. The van der Waals surface area contributed by atoms with Gasteiger partial charge in [-0.3, -0.25) is 4.98 Å². The van der Waals surface area contributed by atoms with E-state index in [1.165, 1.54) is 26.6 Å². The van der Waals surface area contributed by atoms with Crippen LogP contribution in [0, 0.1) is 5.92 Å². The lowest BCUT2D eigenvalue weighted by Crippen LogP contribution is -2.35. The van der Waals surface area contributed by atoms with E-state index in [-0.39, 0.29) is 11.9 Å². The number of nitrogens with one attached hydrogen (secondary N) is 1. The molecule has 1 N–H and O–H groups in total. The molecule has 0 aliphatic heterocycles. The van der Waals surface area contributed by atoms with Crippen LogP contribution in [0.15, 0.2) is 12.4 Å². The topological polar surface area (TPSA) is 73.3 Å². The average molecular weight is 239 g/mol. The summed E-state index contributed by atoms with van der Waals surface area (Å²) in [6.07, 6.45) is 3.02. The molecule has 94 valence electrons. The van der Waals surface area contributed by atoms with Gasteiger partial charge in [0.1, 0.15) is 11.9 Å². The zero-order valence-corrected chi connectivity index (χ0v) is 10.4. The van der Waals surface area contributed by atoms with Crippen molar-refractivity contribution < 1.29 is 14.3 Å². The fraction of sp³-hybridized carbons (Fsp3) is 0.545. The molecule has 0 aliphatic carbocycles. The van der Waals surface area contributed by atoms with E-state index < -0.39 is 6.04 Å². The molecule has 0 spiro atoms. The first-order valence-electron chi connectivity index (χ1n) is 5.29. The average Bonchev–Trinajstić information content (AvgIpc) is 2.35. The predicted octanol–water partition coefficient (Wildman–Crippen LogP) is 1.09. The molecule has 0 bridgehead atoms.